The van der Waals surface area contributed by atoms with Gasteiger partial charge in [0.25, 0.3) is 0 Å². The minimum Gasteiger partial charge on any atom is -0.383 e. The summed E-state index contributed by atoms with van der Waals surface area (Å²) in [6, 6.07) is 0. The molecule has 3 aromatic rings. The molecule has 0 atom stereocenters. The number of nitrogens with zero attached hydrogens (tertiary/aromatic N) is 4. The zero-order chi connectivity index (χ0) is 13.6. The third kappa shape index (κ3) is 1.88. The highest BCUT2D eigenvalue weighted by Crippen LogP contribution is 2.27. The van der Waals surface area contributed by atoms with Crippen molar-refractivity contribution in [1.82, 2.24) is 19.5 Å². The van der Waals surface area contributed by atoms with Gasteiger partial charge in [0, 0.05) is 16.8 Å². The van der Waals surface area contributed by atoms with Crippen molar-refractivity contribution in [2.24, 2.45) is 0 Å². The Morgan fingerprint density at radius 2 is 2.05 bits per heavy atom. The van der Waals surface area contributed by atoms with Crippen molar-refractivity contribution in [2.45, 2.75) is 27.3 Å². The SMILES string of the molecule is Cc1csc(Cn2c(C)c(C)c3c(N)ncnc32)n1. The van der Waals surface area contributed by atoms with Gasteiger partial charge in [-0.1, -0.05) is 0 Å². The fourth-order valence-electron chi connectivity index (χ4n) is 2.30. The highest BCUT2D eigenvalue weighted by molar-refractivity contribution is 7.09. The summed E-state index contributed by atoms with van der Waals surface area (Å²) in [5.74, 6) is 0.541. The van der Waals surface area contributed by atoms with Gasteiger partial charge in [-0.05, 0) is 26.3 Å². The lowest BCUT2D eigenvalue weighted by Crippen LogP contribution is -2.03. The first-order valence-electron chi connectivity index (χ1n) is 6.04. The molecule has 0 amide bonds. The predicted molar refractivity (Wildman–Crippen MR) is 77.4 cm³/mol. The zero-order valence-electron chi connectivity index (χ0n) is 11.1. The van der Waals surface area contributed by atoms with Crippen LogP contribution in [0.4, 0.5) is 5.82 Å². The Labute approximate surface area is 115 Å². The minimum absolute atomic E-state index is 0.541. The Hall–Kier alpha value is -1.95. The molecule has 3 heterocycles. The Bertz CT molecular complexity index is 756. The number of anilines is 1. The summed E-state index contributed by atoms with van der Waals surface area (Å²) in [5.41, 5.74) is 10.2. The van der Waals surface area contributed by atoms with Crippen LogP contribution in [0.15, 0.2) is 11.7 Å². The molecule has 0 spiro atoms. The van der Waals surface area contributed by atoms with Crippen LogP contribution in [0.5, 0.6) is 0 Å². The number of rotatable bonds is 2. The number of hydrogen-bond acceptors (Lipinski definition) is 5. The van der Waals surface area contributed by atoms with Gasteiger partial charge in [0.15, 0.2) is 0 Å². The zero-order valence-corrected chi connectivity index (χ0v) is 12.0. The van der Waals surface area contributed by atoms with E-state index in [1.807, 2.05) is 6.92 Å². The van der Waals surface area contributed by atoms with E-state index in [1.54, 1.807) is 11.3 Å². The first kappa shape index (κ1) is 12.1. The van der Waals surface area contributed by atoms with Crippen LogP contribution in [-0.2, 0) is 6.54 Å². The predicted octanol–water partition coefficient (Wildman–Crippen LogP) is 2.44. The highest BCUT2D eigenvalue weighted by Gasteiger charge is 2.15. The second-order valence-electron chi connectivity index (χ2n) is 4.64. The number of nitrogens with two attached hydrogens (primary N) is 1. The molecule has 0 aliphatic heterocycles. The number of fused-ring (bicyclic) bond motifs is 1. The number of hydrogen-bond donors (Lipinski definition) is 1. The summed E-state index contributed by atoms with van der Waals surface area (Å²) < 4.78 is 2.15. The lowest BCUT2D eigenvalue weighted by Gasteiger charge is -2.05. The largest absolute Gasteiger partial charge is 0.383 e. The minimum atomic E-state index is 0.541. The molecule has 0 fully saturated rings. The number of aromatic nitrogens is 4. The van der Waals surface area contributed by atoms with E-state index in [0.717, 1.165) is 39.5 Å². The van der Waals surface area contributed by atoms with Crippen LogP contribution < -0.4 is 5.73 Å². The Morgan fingerprint density at radius 3 is 2.74 bits per heavy atom. The Kier molecular flexibility index (Phi) is 2.74. The van der Waals surface area contributed by atoms with Crippen molar-refractivity contribution < 1.29 is 0 Å². The first-order chi connectivity index (χ1) is 9.08. The summed E-state index contributed by atoms with van der Waals surface area (Å²) in [7, 11) is 0. The van der Waals surface area contributed by atoms with Crippen LogP contribution in [0, 0.1) is 20.8 Å². The van der Waals surface area contributed by atoms with Crippen molar-refractivity contribution in [3.8, 4) is 0 Å². The standard InChI is InChI=1S/C13H15N5S/c1-7-5-19-10(17-7)4-18-9(3)8(2)11-12(14)15-6-16-13(11)18/h5-6H,4H2,1-3H3,(H2,14,15,16). The number of nitrogen functional groups attached to an aromatic ring is 1. The van der Waals surface area contributed by atoms with Gasteiger partial charge in [0.1, 0.15) is 22.8 Å². The summed E-state index contributed by atoms with van der Waals surface area (Å²) in [4.78, 5) is 13.0. The second kappa shape index (κ2) is 4.31. The molecule has 0 aliphatic rings. The van der Waals surface area contributed by atoms with Crippen molar-refractivity contribution >= 4 is 28.2 Å². The molecular formula is C13H15N5S. The van der Waals surface area contributed by atoms with Crippen molar-refractivity contribution in [3.05, 3.63) is 33.7 Å². The smallest absolute Gasteiger partial charge is 0.146 e. The number of aryl methyl sites for hydroxylation is 2. The fourth-order valence-corrected chi connectivity index (χ4v) is 3.06. The van der Waals surface area contributed by atoms with E-state index < -0.39 is 0 Å². The molecule has 3 aromatic heterocycles. The van der Waals surface area contributed by atoms with E-state index >= 15 is 0 Å². The third-order valence-corrected chi connectivity index (χ3v) is 4.35. The molecular weight excluding hydrogens is 258 g/mol. The van der Waals surface area contributed by atoms with E-state index in [2.05, 4.69) is 38.7 Å². The van der Waals surface area contributed by atoms with Crippen LogP contribution >= 0.6 is 11.3 Å². The molecule has 98 valence electrons. The normalized spacial score (nSPS) is 11.3. The molecule has 5 nitrogen and oxygen atoms in total. The molecule has 0 unspecified atom stereocenters. The molecule has 2 N–H and O–H groups in total. The van der Waals surface area contributed by atoms with Gasteiger partial charge in [-0.2, -0.15) is 0 Å². The van der Waals surface area contributed by atoms with E-state index in [-0.39, 0.29) is 0 Å². The van der Waals surface area contributed by atoms with E-state index in [9.17, 15) is 0 Å². The summed E-state index contributed by atoms with van der Waals surface area (Å²) in [6.45, 7) is 6.87. The number of thiazole rings is 1. The van der Waals surface area contributed by atoms with E-state index in [1.165, 1.54) is 6.33 Å². The quantitative estimate of drug-likeness (QED) is 0.778. The molecule has 0 aromatic carbocycles. The van der Waals surface area contributed by atoms with Gasteiger partial charge in [0.05, 0.1) is 11.9 Å². The summed E-state index contributed by atoms with van der Waals surface area (Å²) >= 11 is 1.67. The lowest BCUT2D eigenvalue weighted by molar-refractivity contribution is 0.781. The second-order valence-corrected chi connectivity index (χ2v) is 5.58. The Morgan fingerprint density at radius 1 is 1.26 bits per heavy atom. The average Bonchev–Trinajstić information content (AvgIpc) is 2.88. The van der Waals surface area contributed by atoms with Gasteiger partial charge < -0.3 is 10.3 Å². The maximum atomic E-state index is 5.96. The van der Waals surface area contributed by atoms with Gasteiger partial charge >= 0.3 is 0 Å². The van der Waals surface area contributed by atoms with Crippen LogP contribution in [0.1, 0.15) is 22.0 Å². The highest BCUT2D eigenvalue weighted by atomic mass is 32.1. The van der Waals surface area contributed by atoms with Gasteiger partial charge in [-0.15, -0.1) is 11.3 Å². The van der Waals surface area contributed by atoms with Gasteiger partial charge in [-0.25, -0.2) is 15.0 Å². The van der Waals surface area contributed by atoms with Crippen LogP contribution in [0.2, 0.25) is 0 Å². The fraction of sp³-hybridized carbons (Fsp3) is 0.308. The molecule has 0 saturated heterocycles. The molecule has 0 aliphatic carbocycles. The lowest BCUT2D eigenvalue weighted by atomic mass is 10.2. The van der Waals surface area contributed by atoms with Crippen molar-refractivity contribution in [3.63, 3.8) is 0 Å². The molecule has 0 saturated carbocycles. The third-order valence-electron chi connectivity index (χ3n) is 3.39. The van der Waals surface area contributed by atoms with Crippen molar-refractivity contribution in [1.29, 1.82) is 0 Å². The average molecular weight is 273 g/mol. The topological polar surface area (TPSA) is 69.6 Å². The molecule has 0 bridgehead atoms. The monoisotopic (exact) mass is 273 g/mol. The molecule has 6 heteroatoms. The van der Waals surface area contributed by atoms with Crippen molar-refractivity contribution in [2.75, 3.05) is 5.73 Å². The van der Waals surface area contributed by atoms with Gasteiger partial charge in [-0.3, -0.25) is 0 Å². The summed E-state index contributed by atoms with van der Waals surface area (Å²) in [6.07, 6.45) is 1.51. The molecule has 3 rings (SSSR count). The maximum absolute atomic E-state index is 5.96. The Balaban J connectivity index is 2.18. The van der Waals surface area contributed by atoms with Crippen LogP contribution in [0.3, 0.4) is 0 Å². The molecule has 0 radical (unpaired) electrons. The maximum Gasteiger partial charge on any atom is 0.146 e. The van der Waals surface area contributed by atoms with Crippen LogP contribution in [0.25, 0.3) is 11.0 Å². The van der Waals surface area contributed by atoms with E-state index in [0.29, 0.717) is 5.82 Å². The van der Waals surface area contributed by atoms with E-state index in [4.69, 9.17) is 5.73 Å². The first-order valence-corrected chi connectivity index (χ1v) is 6.92. The van der Waals surface area contributed by atoms with Gasteiger partial charge in [0.2, 0.25) is 0 Å². The summed E-state index contributed by atoms with van der Waals surface area (Å²) in [5, 5.41) is 4.09. The molecule has 19 heavy (non-hydrogen) atoms. The van der Waals surface area contributed by atoms with Crippen LogP contribution in [-0.4, -0.2) is 19.5 Å².